The number of nitrogens with one attached hydrogen (secondary N) is 2. The second kappa shape index (κ2) is 9.66. The van der Waals surface area contributed by atoms with Gasteiger partial charge in [0.2, 0.25) is 10.0 Å². The zero-order valence-corrected chi connectivity index (χ0v) is 16.8. The monoisotopic (exact) mass is 428 g/mol. The molecule has 0 saturated heterocycles. The Bertz CT molecular complexity index is 688. The van der Waals surface area contributed by atoms with E-state index in [1.807, 2.05) is 0 Å². The summed E-state index contributed by atoms with van der Waals surface area (Å²) in [6, 6.07) is 0. The van der Waals surface area contributed by atoms with Crippen LogP contribution in [-0.4, -0.2) is 69.5 Å². The molecule has 0 aliphatic heterocycles. The highest BCUT2D eigenvalue weighted by molar-refractivity contribution is 8.00. The number of hydrogen-bond donors (Lipinski definition) is 4. The molecule has 4 N–H and O–H groups in total. The fourth-order valence-corrected chi connectivity index (χ4v) is 7.49. The third-order valence-corrected chi connectivity index (χ3v) is 8.96. The Hall–Kier alpha value is 0.0400. The SMILES string of the molecule is CCC(SNCCS(=O)(=O)O)C(C(CC)S(=O)(=O)O)S(=O)(=O)NC. The molecule has 14 heteroatoms. The third-order valence-electron chi connectivity index (χ3n) is 3.26. The highest BCUT2D eigenvalue weighted by Crippen LogP contribution is 2.28. The molecule has 10 nitrogen and oxygen atoms in total. The first kappa shape index (κ1) is 24.0. The van der Waals surface area contributed by atoms with Crippen molar-refractivity contribution in [1.82, 2.24) is 9.44 Å². The summed E-state index contributed by atoms with van der Waals surface area (Å²) in [5.74, 6) is -0.574. The molecule has 0 rings (SSSR count). The normalized spacial score (nSPS) is 17.4. The van der Waals surface area contributed by atoms with Crippen LogP contribution in [0.2, 0.25) is 0 Å². The molecule has 0 fully saturated rings. The van der Waals surface area contributed by atoms with Gasteiger partial charge in [0.25, 0.3) is 20.2 Å². The van der Waals surface area contributed by atoms with Crippen LogP contribution in [0.4, 0.5) is 0 Å². The Morgan fingerprint density at radius 1 is 1.00 bits per heavy atom. The zero-order chi connectivity index (χ0) is 19.2. The second-order valence-electron chi connectivity index (χ2n) is 4.92. The summed E-state index contributed by atoms with van der Waals surface area (Å²) in [5, 5.41) is -3.76. The first-order chi connectivity index (χ1) is 10.8. The molecule has 0 aliphatic carbocycles. The average Bonchev–Trinajstić information content (AvgIpc) is 2.43. The molecule has 0 radical (unpaired) electrons. The van der Waals surface area contributed by atoms with Gasteiger partial charge in [0, 0.05) is 11.8 Å². The fraction of sp³-hybridized carbons (Fsp3) is 1.00. The van der Waals surface area contributed by atoms with Crippen LogP contribution in [0.1, 0.15) is 26.7 Å². The van der Waals surface area contributed by atoms with E-state index in [1.165, 1.54) is 6.92 Å². The number of rotatable bonds is 12. The van der Waals surface area contributed by atoms with E-state index in [9.17, 15) is 29.8 Å². The van der Waals surface area contributed by atoms with Crippen molar-refractivity contribution in [3.05, 3.63) is 0 Å². The van der Waals surface area contributed by atoms with Gasteiger partial charge in [0.1, 0.15) is 10.5 Å². The fourth-order valence-electron chi connectivity index (χ4n) is 2.11. The molecule has 0 heterocycles. The van der Waals surface area contributed by atoms with Gasteiger partial charge >= 0.3 is 0 Å². The predicted octanol–water partition coefficient (Wildman–Crippen LogP) is -0.525. The van der Waals surface area contributed by atoms with Gasteiger partial charge in [-0.25, -0.2) is 13.1 Å². The molecule has 3 unspecified atom stereocenters. The van der Waals surface area contributed by atoms with Gasteiger partial charge in [-0.3, -0.25) is 13.8 Å². The largest absolute Gasteiger partial charge is 0.286 e. The van der Waals surface area contributed by atoms with Crippen LogP contribution in [0.5, 0.6) is 0 Å². The van der Waals surface area contributed by atoms with E-state index < -0.39 is 51.8 Å². The van der Waals surface area contributed by atoms with Crippen molar-refractivity contribution in [2.24, 2.45) is 0 Å². The standard InChI is InChI=1S/C10H24N2O8S4/c1-4-8(21-12-6-7-22(13,14)15)10(23(16,17)11-3)9(5-2)24(18,19)20/h8-12H,4-7H2,1-3H3,(H,13,14,15)(H,18,19,20). The molecule has 0 aromatic rings. The highest BCUT2D eigenvalue weighted by atomic mass is 32.2. The molecule has 0 saturated carbocycles. The number of hydrogen-bond acceptors (Lipinski definition) is 8. The summed E-state index contributed by atoms with van der Waals surface area (Å²) in [6.45, 7) is 2.92. The minimum absolute atomic E-state index is 0.119. The van der Waals surface area contributed by atoms with Gasteiger partial charge in [-0.05, 0) is 19.9 Å². The predicted molar refractivity (Wildman–Crippen MR) is 93.5 cm³/mol. The van der Waals surface area contributed by atoms with Crippen molar-refractivity contribution in [1.29, 1.82) is 0 Å². The smallest absolute Gasteiger partial charge is 0.269 e. The Morgan fingerprint density at radius 2 is 1.54 bits per heavy atom. The Morgan fingerprint density at radius 3 is 1.88 bits per heavy atom. The first-order valence-corrected chi connectivity index (χ1v) is 12.6. The van der Waals surface area contributed by atoms with E-state index in [0.29, 0.717) is 0 Å². The maximum absolute atomic E-state index is 12.3. The van der Waals surface area contributed by atoms with Crippen molar-refractivity contribution in [2.45, 2.75) is 42.4 Å². The van der Waals surface area contributed by atoms with Gasteiger partial charge in [-0.2, -0.15) is 16.8 Å². The van der Waals surface area contributed by atoms with Gasteiger partial charge < -0.3 is 0 Å². The Labute approximate surface area is 147 Å². The van der Waals surface area contributed by atoms with E-state index in [1.54, 1.807) is 6.92 Å². The lowest BCUT2D eigenvalue weighted by Crippen LogP contribution is -2.50. The zero-order valence-electron chi connectivity index (χ0n) is 13.5. The van der Waals surface area contributed by atoms with E-state index in [0.717, 1.165) is 19.0 Å². The van der Waals surface area contributed by atoms with E-state index in [2.05, 4.69) is 9.44 Å². The lowest BCUT2D eigenvalue weighted by Gasteiger charge is -2.30. The minimum atomic E-state index is -4.61. The van der Waals surface area contributed by atoms with E-state index in [-0.39, 0.29) is 19.4 Å². The van der Waals surface area contributed by atoms with Gasteiger partial charge in [-0.15, -0.1) is 0 Å². The van der Waals surface area contributed by atoms with Crippen LogP contribution in [-0.2, 0) is 30.3 Å². The van der Waals surface area contributed by atoms with Gasteiger partial charge in [0.05, 0.1) is 5.75 Å². The molecule has 0 amide bonds. The summed E-state index contributed by atoms with van der Waals surface area (Å²) in [4.78, 5) is 0. The lowest BCUT2D eigenvalue weighted by molar-refractivity contribution is 0.452. The van der Waals surface area contributed by atoms with Crippen molar-refractivity contribution < 1.29 is 34.4 Å². The molecule has 0 aromatic carbocycles. The van der Waals surface area contributed by atoms with Crippen molar-refractivity contribution >= 4 is 42.2 Å². The quantitative estimate of drug-likeness (QED) is 0.180. The van der Waals surface area contributed by atoms with E-state index >= 15 is 0 Å². The van der Waals surface area contributed by atoms with Gasteiger partial charge in [-0.1, -0.05) is 25.8 Å². The molecular formula is C10H24N2O8S4. The van der Waals surface area contributed by atoms with Crippen LogP contribution in [0, 0.1) is 0 Å². The highest BCUT2D eigenvalue weighted by Gasteiger charge is 2.44. The van der Waals surface area contributed by atoms with Gasteiger partial charge in [0.15, 0.2) is 0 Å². The number of sulfonamides is 1. The third kappa shape index (κ3) is 7.95. The summed E-state index contributed by atoms with van der Waals surface area (Å²) < 4.78 is 91.7. The maximum atomic E-state index is 12.3. The summed E-state index contributed by atoms with van der Waals surface area (Å²) >= 11 is 0.852. The maximum Gasteiger partial charge on any atom is 0.269 e. The first-order valence-electron chi connectivity index (χ1n) is 7.02. The van der Waals surface area contributed by atoms with Crippen molar-refractivity contribution in [3.63, 3.8) is 0 Å². The Kier molecular flexibility index (Phi) is 9.67. The molecule has 0 bridgehead atoms. The average molecular weight is 429 g/mol. The second-order valence-corrected chi connectivity index (χ2v) is 11.3. The van der Waals surface area contributed by atoms with Crippen molar-refractivity contribution in [2.75, 3.05) is 19.3 Å². The molecular weight excluding hydrogens is 404 g/mol. The summed E-state index contributed by atoms with van der Waals surface area (Å²) in [7, 11) is -11.7. The van der Waals surface area contributed by atoms with Crippen LogP contribution >= 0.6 is 11.9 Å². The van der Waals surface area contributed by atoms with Crippen molar-refractivity contribution in [3.8, 4) is 0 Å². The van der Waals surface area contributed by atoms with Crippen LogP contribution in [0.25, 0.3) is 0 Å². The molecule has 0 spiro atoms. The van der Waals surface area contributed by atoms with Crippen LogP contribution in [0.3, 0.4) is 0 Å². The van der Waals surface area contributed by atoms with Crippen LogP contribution in [0.15, 0.2) is 0 Å². The lowest BCUT2D eigenvalue weighted by atomic mass is 10.1. The molecule has 146 valence electrons. The van der Waals surface area contributed by atoms with E-state index in [4.69, 9.17) is 4.55 Å². The minimum Gasteiger partial charge on any atom is -0.286 e. The summed E-state index contributed by atoms with van der Waals surface area (Å²) in [6.07, 6.45) is 0.119. The molecule has 3 atom stereocenters. The summed E-state index contributed by atoms with van der Waals surface area (Å²) in [5.41, 5.74) is 0. The molecule has 0 aliphatic rings. The molecule has 24 heavy (non-hydrogen) atoms. The topological polar surface area (TPSA) is 167 Å². The Balaban J connectivity index is 5.45. The van der Waals surface area contributed by atoms with Crippen LogP contribution < -0.4 is 9.44 Å². The molecule has 0 aromatic heterocycles.